The highest BCUT2D eigenvalue weighted by molar-refractivity contribution is 7.10. The van der Waals surface area contributed by atoms with Gasteiger partial charge < -0.3 is 16.0 Å². The number of nitrogens with zero attached hydrogens (tertiary/aromatic N) is 1. The molecule has 0 saturated carbocycles. The minimum atomic E-state index is -0.614. The molecule has 26 heavy (non-hydrogen) atoms. The number of carbonyl (C=O) groups excluding carboxylic acids is 2. The van der Waals surface area contributed by atoms with E-state index in [1.165, 1.54) is 22.5 Å². The largest absolute Gasteiger partial charge is 0.352 e. The molecule has 3 rings (SSSR count). The van der Waals surface area contributed by atoms with Crippen molar-refractivity contribution in [3.63, 3.8) is 0 Å². The van der Waals surface area contributed by atoms with Gasteiger partial charge in [0.15, 0.2) is 0 Å². The van der Waals surface area contributed by atoms with E-state index in [2.05, 4.69) is 37.4 Å². The van der Waals surface area contributed by atoms with Gasteiger partial charge in [0.2, 0.25) is 5.91 Å². The van der Waals surface area contributed by atoms with Crippen LogP contribution in [0.3, 0.4) is 0 Å². The summed E-state index contributed by atoms with van der Waals surface area (Å²) in [6, 6.07) is 9.20. The van der Waals surface area contributed by atoms with Crippen molar-refractivity contribution in [2.75, 3.05) is 11.4 Å². The lowest BCUT2D eigenvalue weighted by Crippen LogP contribution is -2.40. The Morgan fingerprint density at radius 1 is 1.31 bits per heavy atom. The Morgan fingerprint density at radius 3 is 2.77 bits per heavy atom. The van der Waals surface area contributed by atoms with E-state index in [0.717, 1.165) is 23.4 Å². The van der Waals surface area contributed by atoms with Gasteiger partial charge in [-0.25, -0.2) is 4.79 Å². The zero-order chi connectivity index (χ0) is 18.7. The molecule has 0 saturated heterocycles. The van der Waals surface area contributed by atoms with Gasteiger partial charge in [-0.1, -0.05) is 32.0 Å². The smallest absolute Gasteiger partial charge is 0.312 e. The Labute approximate surface area is 158 Å². The van der Waals surface area contributed by atoms with E-state index in [0.29, 0.717) is 12.5 Å². The summed E-state index contributed by atoms with van der Waals surface area (Å²) >= 11 is 1.51. The molecule has 1 aliphatic rings. The Morgan fingerprint density at radius 2 is 2.12 bits per heavy atom. The second kappa shape index (κ2) is 7.91. The molecule has 0 bridgehead atoms. The SMILES string of the molecule is CC(C)c1ccc2c(c1)CCCN2C(=O)C[C@H](NC(N)=O)c1cccs1. The summed E-state index contributed by atoms with van der Waals surface area (Å²) in [5.41, 5.74) is 8.82. The Bertz CT molecular complexity index is 786. The fourth-order valence-electron chi connectivity index (χ4n) is 3.40. The van der Waals surface area contributed by atoms with Crippen LogP contribution in [0.25, 0.3) is 0 Å². The standard InChI is InChI=1S/C20H25N3O2S/c1-13(2)14-7-8-17-15(11-14)5-3-9-23(17)19(24)12-16(22-20(21)25)18-6-4-10-26-18/h4,6-8,10-11,13,16H,3,5,9,12H2,1-2H3,(H3,21,22,25)/t16-/m0/s1. The molecule has 138 valence electrons. The number of thiophene rings is 1. The van der Waals surface area contributed by atoms with Crippen molar-refractivity contribution >= 4 is 29.0 Å². The van der Waals surface area contributed by atoms with Crippen molar-refractivity contribution in [1.82, 2.24) is 5.32 Å². The van der Waals surface area contributed by atoms with Crippen LogP contribution in [-0.2, 0) is 11.2 Å². The average molecular weight is 372 g/mol. The van der Waals surface area contributed by atoms with Gasteiger partial charge in [-0.2, -0.15) is 0 Å². The summed E-state index contributed by atoms with van der Waals surface area (Å²) in [6.07, 6.45) is 2.15. The van der Waals surface area contributed by atoms with Gasteiger partial charge in [-0.05, 0) is 47.4 Å². The number of benzene rings is 1. The molecule has 0 fully saturated rings. The minimum Gasteiger partial charge on any atom is -0.352 e. The molecule has 3 N–H and O–H groups in total. The molecule has 1 atom stereocenters. The van der Waals surface area contributed by atoms with Crippen LogP contribution in [0.4, 0.5) is 10.5 Å². The number of anilines is 1. The molecule has 0 radical (unpaired) electrons. The van der Waals surface area contributed by atoms with Gasteiger partial charge in [-0.15, -0.1) is 11.3 Å². The number of primary amides is 1. The van der Waals surface area contributed by atoms with Gasteiger partial charge in [0.1, 0.15) is 0 Å². The molecular formula is C20H25N3O2S. The lowest BCUT2D eigenvalue weighted by Gasteiger charge is -2.31. The van der Waals surface area contributed by atoms with Crippen molar-refractivity contribution in [3.8, 4) is 0 Å². The number of amides is 3. The number of aryl methyl sites for hydroxylation is 1. The Hall–Kier alpha value is -2.34. The summed E-state index contributed by atoms with van der Waals surface area (Å²) in [7, 11) is 0. The van der Waals surface area contributed by atoms with E-state index in [-0.39, 0.29) is 18.4 Å². The van der Waals surface area contributed by atoms with Crippen molar-refractivity contribution in [2.24, 2.45) is 5.73 Å². The van der Waals surface area contributed by atoms with Crippen molar-refractivity contribution in [2.45, 2.75) is 45.1 Å². The minimum absolute atomic E-state index is 0.00963. The average Bonchev–Trinajstić information content (AvgIpc) is 3.14. The Balaban J connectivity index is 1.81. The highest BCUT2D eigenvalue weighted by Crippen LogP contribution is 2.32. The molecular weight excluding hydrogens is 346 g/mol. The molecule has 1 aromatic carbocycles. The van der Waals surface area contributed by atoms with Crippen molar-refractivity contribution in [1.29, 1.82) is 0 Å². The molecule has 2 aromatic rings. The number of nitrogens with one attached hydrogen (secondary N) is 1. The fourth-order valence-corrected chi connectivity index (χ4v) is 4.18. The van der Waals surface area contributed by atoms with Gasteiger partial charge in [0, 0.05) is 17.1 Å². The Kier molecular flexibility index (Phi) is 5.61. The molecule has 0 spiro atoms. The fraction of sp³-hybridized carbons (Fsp3) is 0.400. The molecule has 5 nitrogen and oxygen atoms in total. The number of hydrogen-bond acceptors (Lipinski definition) is 3. The van der Waals surface area contributed by atoms with Gasteiger partial charge in [0.05, 0.1) is 12.5 Å². The molecule has 6 heteroatoms. The normalized spacial score (nSPS) is 14.8. The maximum atomic E-state index is 13.0. The monoisotopic (exact) mass is 371 g/mol. The first-order valence-electron chi connectivity index (χ1n) is 8.98. The number of carbonyl (C=O) groups is 2. The predicted molar refractivity (Wildman–Crippen MR) is 106 cm³/mol. The number of urea groups is 1. The van der Waals surface area contributed by atoms with Gasteiger partial charge in [0.25, 0.3) is 0 Å². The van der Waals surface area contributed by atoms with Crippen LogP contribution in [0.15, 0.2) is 35.7 Å². The maximum absolute atomic E-state index is 13.0. The van der Waals surface area contributed by atoms with Crippen LogP contribution in [0.1, 0.15) is 54.7 Å². The third-order valence-corrected chi connectivity index (χ3v) is 5.76. The summed E-state index contributed by atoms with van der Waals surface area (Å²) in [4.78, 5) is 27.1. The first-order chi connectivity index (χ1) is 12.5. The van der Waals surface area contributed by atoms with Crippen molar-refractivity contribution < 1.29 is 9.59 Å². The van der Waals surface area contributed by atoms with E-state index in [4.69, 9.17) is 5.73 Å². The molecule has 0 aliphatic carbocycles. The first-order valence-corrected chi connectivity index (χ1v) is 9.86. The van der Waals surface area contributed by atoms with Crippen LogP contribution in [-0.4, -0.2) is 18.5 Å². The molecule has 1 aliphatic heterocycles. The lowest BCUT2D eigenvalue weighted by atomic mass is 9.94. The van der Waals surface area contributed by atoms with Gasteiger partial charge >= 0.3 is 6.03 Å². The van der Waals surface area contributed by atoms with Crippen LogP contribution >= 0.6 is 11.3 Å². The second-order valence-corrected chi connectivity index (χ2v) is 7.95. The first kappa shape index (κ1) is 18.5. The van der Waals surface area contributed by atoms with Crippen LogP contribution in [0, 0.1) is 0 Å². The topological polar surface area (TPSA) is 75.4 Å². The third kappa shape index (κ3) is 4.07. The van der Waals surface area contributed by atoms with Gasteiger partial charge in [-0.3, -0.25) is 4.79 Å². The van der Waals surface area contributed by atoms with Crippen molar-refractivity contribution in [3.05, 3.63) is 51.7 Å². The highest BCUT2D eigenvalue weighted by atomic mass is 32.1. The van der Waals surface area contributed by atoms with Crippen LogP contribution in [0.5, 0.6) is 0 Å². The number of hydrogen-bond donors (Lipinski definition) is 2. The lowest BCUT2D eigenvalue weighted by molar-refractivity contribution is -0.119. The zero-order valence-electron chi connectivity index (χ0n) is 15.2. The highest BCUT2D eigenvalue weighted by Gasteiger charge is 2.26. The molecule has 3 amide bonds. The third-order valence-electron chi connectivity index (χ3n) is 4.77. The molecule has 0 unspecified atom stereocenters. The van der Waals surface area contributed by atoms with Crippen LogP contribution < -0.4 is 16.0 Å². The van der Waals surface area contributed by atoms with E-state index in [1.807, 2.05) is 22.4 Å². The second-order valence-electron chi connectivity index (χ2n) is 6.97. The van der Waals surface area contributed by atoms with E-state index in [1.54, 1.807) is 0 Å². The summed E-state index contributed by atoms with van der Waals surface area (Å²) in [5.74, 6) is 0.477. The maximum Gasteiger partial charge on any atom is 0.312 e. The molecule has 2 heterocycles. The summed E-state index contributed by atoms with van der Waals surface area (Å²) in [5, 5.41) is 4.63. The predicted octanol–water partition coefficient (Wildman–Crippen LogP) is 3.95. The zero-order valence-corrected chi connectivity index (χ0v) is 16.0. The molecule has 1 aromatic heterocycles. The quantitative estimate of drug-likeness (QED) is 0.835. The van der Waals surface area contributed by atoms with E-state index in [9.17, 15) is 9.59 Å². The number of rotatable bonds is 5. The van der Waals surface area contributed by atoms with Crippen LogP contribution in [0.2, 0.25) is 0 Å². The number of fused-ring (bicyclic) bond motifs is 1. The van der Waals surface area contributed by atoms with E-state index < -0.39 is 6.03 Å². The summed E-state index contributed by atoms with van der Waals surface area (Å²) in [6.45, 7) is 5.06. The number of nitrogens with two attached hydrogens (primary N) is 1. The summed E-state index contributed by atoms with van der Waals surface area (Å²) < 4.78 is 0. The van der Waals surface area contributed by atoms with E-state index >= 15 is 0 Å².